The molecule has 136 valence electrons. The van der Waals surface area contributed by atoms with Gasteiger partial charge in [0.15, 0.2) is 5.96 Å². The second kappa shape index (κ2) is 8.04. The Labute approximate surface area is 145 Å². The summed E-state index contributed by atoms with van der Waals surface area (Å²) < 4.78 is 39.8. The molecule has 8 heteroatoms. The number of rotatable bonds is 6. The first-order chi connectivity index (χ1) is 11.8. The third kappa shape index (κ3) is 4.98. The first-order valence-corrected chi connectivity index (χ1v) is 7.84. The molecule has 0 radical (unpaired) electrons. The Hall–Kier alpha value is -2.51. The van der Waals surface area contributed by atoms with Gasteiger partial charge in [0.05, 0.1) is 6.54 Å². The van der Waals surface area contributed by atoms with Gasteiger partial charge in [-0.15, -0.1) is 0 Å². The summed E-state index contributed by atoms with van der Waals surface area (Å²) in [5.74, 6) is 0.377. The van der Waals surface area contributed by atoms with E-state index in [1.54, 1.807) is 13.1 Å². The number of nitrogens with zero attached hydrogens (tertiary/aromatic N) is 3. The summed E-state index contributed by atoms with van der Waals surface area (Å²) in [5, 5.41) is 6.08. The lowest BCUT2D eigenvalue weighted by Gasteiger charge is -2.26. The Kier molecular flexibility index (Phi) is 6.06. The van der Waals surface area contributed by atoms with Crippen molar-refractivity contribution >= 4 is 5.96 Å². The fraction of sp³-hybridized carbons (Fsp3) is 0.412. The molecule has 0 spiro atoms. The first kappa shape index (κ1) is 18.8. The molecule has 0 amide bonds. The fourth-order valence-corrected chi connectivity index (χ4v) is 2.36. The number of alkyl halides is 2. The maximum Gasteiger partial charge on any atom is 0.319 e. The van der Waals surface area contributed by atoms with E-state index in [2.05, 4.69) is 20.6 Å². The zero-order chi connectivity index (χ0) is 18.4. The Bertz CT molecular complexity index is 725. The number of nitrogens with one attached hydrogen (secondary N) is 2. The van der Waals surface area contributed by atoms with E-state index in [-0.39, 0.29) is 23.6 Å². The number of aromatic nitrogens is 2. The van der Waals surface area contributed by atoms with Crippen LogP contribution in [0.3, 0.4) is 0 Å². The van der Waals surface area contributed by atoms with Gasteiger partial charge in [-0.25, -0.2) is 9.37 Å². The van der Waals surface area contributed by atoms with E-state index in [1.165, 1.54) is 24.5 Å². The summed E-state index contributed by atoms with van der Waals surface area (Å²) in [5.41, 5.74) is 0.505. The second-order valence-corrected chi connectivity index (χ2v) is 6.20. The van der Waals surface area contributed by atoms with Gasteiger partial charge in [-0.1, -0.05) is 26.0 Å². The van der Waals surface area contributed by atoms with Gasteiger partial charge in [-0.05, 0) is 17.7 Å². The van der Waals surface area contributed by atoms with Crippen molar-refractivity contribution in [1.82, 2.24) is 20.2 Å². The van der Waals surface area contributed by atoms with Gasteiger partial charge in [0.2, 0.25) is 0 Å². The minimum absolute atomic E-state index is 0.109. The Morgan fingerprint density at radius 2 is 2.08 bits per heavy atom. The van der Waals surface area contributed by atoms with Crippen LogP contribution in [0.2, 0.25) is 0 Å². The lowest BCUT2D eigenvalue weighted by Crippen LogP contribution is -2.43. The zero-order valence-corrected chi connectivity index (χ0v) is 14.4. The van der Waals surface area contributed by atoms with Crippen molar-refractivity contribution in [2.45, 2.75) is 32.4 Å². The van der Waals surface area contributed by atoms with E-state index in [0.717, 1.165) is 10.1 Å². The van der Waals surface area contributed by atoms with Crippen LogP contribution in [-0.4, -0.2) is 29.1 Å². The van der Waals surface area contributed by atoms with Crippen molar-refractivity contribution in [2.24, 2.45) is 4.99 Å². The van der Waals surface area contributed by atoms with E-state index in [1.807, 2.05) is 19.9 Å². The lowest BCUT2D eigenvalue weighted by atomic mass is 9.84. The summed E-state index contributed by atoms with van der Waals surface area (Å²) in [6, 6.07) is 6.43. The van der Waals surface area contributed by atoms with Gasteiger partial charge in [-0.3, -0.25) is 9.56 Å². The molecule has 2 rings (SSSR count). The number of guanidine groups is 1. The van der Waals surface area contributed by atoms with Crippen LogP contribution in [0, 0.1) is 5.82 Å². The van der Waals surface area contributed by atoms with Crippen LogP contribution in [0.15, 0.2) is 41.7 Å². The molecule has 0 aliphatic carbocycles. The normalized spacial score (nSPS) is 12.5. The van der Waals surface area contributed by atoms with E-state index < -0.39 is 6.55 Å². The summed E-state index contributed by atoms with van der Waals surface area (Å²) in [6.45, 7) is 1.91. The average Bonchev–Trinajstić information content (AvgIpc) is 3.04. The van der Waals surface area contributed by atoms with Crippen molar-refractivity contribution in [2.75, 3.05) is 13.6 Å². The highest BCUT2D eigenvalue weighted by Gasteiger charge is 2.21. The number of hydrogen-bond acceptors (Lipinski definition) is 2. The van der Waals surface area contributed by atoms with E-state index in [9.17, 15) is 13.2 Å². The van der Waals surface area contributed by atoms with Gasteiger partial charge in [0, 0.05) is 31.4 Å². The maximum atomic E-state index is 13.4. The van der Waals surface area contributed by atoms with Crippen LogP contribution < -0.4 is 10.6 Å². The molecule has 25 heavy (non-hydrogen) atoms. The third-order valence-electron chi connectivity index (χ3n) is 3.90. The summed E-state index contributed by atoms with van der Waals surface area (Å²) >= 11 is 0. The molecule has 0 unspecified atom stereocenters. The Morgan fingerprint density at radius 1 is 1.32 bits per heavy atom. The molecule has 0 fully saturated rings. The van der Waals surface area contributed by atoms with E-state index >= 15 is 0 Å². The number of hydrogen-bond donors (Lipinski definition) is 2. The van der Waals surface area contributed by atoms with Crippen molar-refractivity contribution in [3.8, 4) is 0 Å². The minimum Gasteiger partial charge on any atom is -0.356 e. The molecule has 2 N–H and O–H groups in total. The predicted molar refractivity (Wildman–Crippen MR) is 91.1 cm³/mol. The molecule has 2 aromatic rings. The van der Waals surface area contributed by atoms with E-state index in [0.29, 0.717) is 12.5 Å². The van der Waals surface area contributed by atoms with Gasteiger partial charge in [0.1, 0.15) is 11.6 Å². The van der Waals surface area contributed by atoms with Crippen molar-refractivity contribution < 1.29 is 13.2 Å². The molecule has 1 aromatic carbocycles. The summed E-state index contributed by atoms with van der Waals surface area (Å²) in [6.07, 6.45) is 2.55. The highest BCUT2D eigenvalue weighted by molar-refractivity contribution is 5.79. The summed E-state index contributed by atoms with van der Waals surface area (Å²) in [4.78, 5) is 7.98. The van der Waals surface area contributed by atoms with Crippen LogP contribution in [0.25, 0.3) is 0 Å². The quantitative estimate of drug-likeness (QED) is 0.620. The zero-order valence-electron chi connectivity index (χ0n) is 14.4. The Balaban J connectivity index is 1.95. The molecule has 0 saturated heterocycles. The Morgan fingerprint density at radius 3 is 2.72 bits per heavy atom. The van der Waals surface area contributed by atoms with Gasteiger partial charge in [0.25, 0.3) is 0 Å². The minimum atomic E-state index is -2.64. The van der Waals surface area contributed by atoms with Crippen LogP contribution in [0.5, 0.6) is 0 Å². The standard InChI is InChI=1S/C17H22F3N5/c1-17(2,12-5-4-6-13(18)9-12)11-24-16(21-3)23-10-14-22-7-8-25(14)15(19)20/h4-9,15H,10-11H2,1-3H3,(H2,21,23,24). The third-order valence-corrected chi connectivity index (χ3v) is 3.90. The van der Waals surface area contributed by atoms with E-state index in [4.69, 9.17) is 0 Å². The lowest BCUT2D eigenvalue weighted by molar-refractivity contribution is 0.0668. The van der Waals surface area contributed by atoms with Crippen LogP contribution in [0.1, 0.15) is 31.8 Å². The number of aliphatic imine (C=N–C) groups is 1. The monoisotopic (exact) mass is 353 g/mol. The highest BCUT2D eigenvalue weighted by Crippen LogP contribution is 2.22. The van der Waals surface area contributed by atoms with Gasteiger partial charge >= 0.3 is 6.55 Å². The second-order valence-electron chi connectivity index (χ2n) is 6.20. The van der Waals surface area contributed by atoms with Crippen molar-refractivity contribution in [3.63, 3.8) is 0 Å². The van der Waals surface area contributed by atoms with Crippen molar-refractivity contribution in [1.29, 1.82) is 0 Å². The topological polar surface area (TPSA) is 54.2 Å². The average molecular weight is 353 g/mol. The van der Waals surface area contributed by atoms with Crippen LogP contribution in [-0.2, 0) is 12.0 Å². The largest absolute Gasteiger partial charge is 0.356 e. The maximum absolute atomic E-state index is 13.4. The predicted octanol–water partition coefficient (Wildman–Crippen LogP) is 3.06. The smallest absolute Gasteiger partial charge is 0.319 e. The number of benzene rings is 1. The molecular weight excluding hydrogens is 331 g/mol. The molecule has 0 aliphatic rings. The molecule has 1 aromatic heterocycles. The highest BCUT2D eigenvalue weighted by atomic mass is 19.3. The van der Waals surface area contributed by atoms with Crippen LogP contribution in [0.4, 0.5) is 13.2 Å². The summed E-state index contributed by atoms with van der Waals surface area (Å²) in [7, 11) is 1.59. The number of halogens is 3. The number of imidazole rings is 1. The van der Waals surface area contributed by atoms with Gasteiger partial charge in [-0.2, -0.15) is 8.78 Å². The molecular formula is C17H22F3N5. The molecule has 1 heterocycles. The molecule has 0 saturated carbocycles. The SMILES string of the molecule is CN=C(NCc1nccn1C(F)F)NCC(C)(C)c1cccc(F)c1. The molecule has 0 aliphatic heterocycles. The van der Waals surface area contributed by atoms with Crippen molar-refractivity contribution in [3.05, 3.63) is 53.9 Å². The molecule has 5 nitrogen and oxygen atoms in total. The van der Waals surface area contributed by atoms with Crippen LogP contribution >= 0.6 is 0 Å². The van der Waals surface area contributed by atoms with Gasteiger partial charge < -0.3 is 10.6 Å². The fourth-order valence-electron chi connectivity index (χ4n) is 2.36. The molecule has 0 bridgehead atoms. The first-order valence-electron chi connectivity index (χ1n) is 7.84. The molecule has 0 atom stereocenters.